The van der Waals surface area contributed by atoms with E-state index in [-0.39, 0.29) is 0 Å². The Kier molecular flexibility index (Phi) is 2.45. The second-order valence-corrected chi connectivity index (χ2v) is 2.95. The van der Waals surface area contributed by atoms with Gasteiger partial charge in [0.2, 0.25) is 0 Å². The Balaban J connectivity index is 2.89. The molecule has 5 heteroatoms. The molecular weight excluding hydrogens is 159 g/mol. The van der Waals surface area contributed by atoms with Crippen molar-refractivity contribution in [1.29, 1.82) is 0 Å². The second kappa shape index (κ2) is 3.07. The van der Waals surface area contributed by atoms with Crippen LogP contribution < -0.4 is 0 Å². The maximum absolute atomic E-state index is 9.40. The van der Waals surface area contributed by atoms with E-state index in [1.807, 2.05) is 0 Å². The van der Waals surface area contributed by atoms with Crippen molar-refractivity contribution in [2.75, 3.05) is 6.61 Å². The maximum Gasteiger partial charge on any atom is 0.178 e. The topological polar surface area (TPSA) is 69.9 Å². The molecule has 0 spiro atoms. The zero-order valence-corrected chi connectivity index (χ0v) is 6.77. The summed E-state index contributed by atoms with van der Waals surface area (Å²) in [6.45, 7) is -0.494. The minimum atomic E-state index is -1.43. The molecule has 0 aliphatic carbocycles. The summed E-state index contributed by atoms with van der Waals surface area (Å²) in [5, 5.41) is 27.6. The molecule has 0 saturated carbocycles. The van der Waals surface area contributed by atoms with Crippen LogP contribution in [0.15, 0.2) is 0 Å². The molecule has 0 unspecified atom stereocenters. The molecule has 1 saturated heterocycles. The van der Waals surface area contributed by atoms with Crippen LogP contribution in [0.4, 0.5) is 0 Å². The number of aliphatic hydroxyl groups is 3. The lowest BCUT2D eigenvalue weighted by Crippen LogP contribution is -2.45. The van der Waals surface area contributed by atoms with Gasteiger partial charge >= 0.3 is 0 Å². The SMILES string of the molecule is B[C@@H]1O[C@](C#C)(CO)[C@@H](O)[C@H]1O. The fourth-order valence-electron chi connectivity index (χ4n) is 1.30. The van der Waals surface area contributed by atoms with Gasteiger partial charge in [-0.1, -0.05) is 5.92 Å². The quantitative estimate of drug-likeness (QED) is 0.291. The summed E-state index contributed by atoms with van der Waals surface area (Å²) in [4.78, 5) is 0. The summed E-state index contributed by atoms with van der Waals surface area (Å²) in [6, 6.07) is -0.553. The van der Waals surface area contributed by atoms with Crippen LogP contribution in [0.3, 0.4) is 0 Å². The first kappa shape index (κ1) is 9.55. The summed E-state index contributed by atoms with van der Waals surface area (Å²) >= 11 is 0. The Labute approximate surface area is 71.6 Å². The average molecular weight is 170 g/mol. The van der Waals surface area contributed by atoms with Gasteiger partial charge in [-0.3, -0.25) is 0 Å². The van der Waals surface area contributed by atoms with Gasteiger partial charge in [0.05, 0.1) is 12.6 Å². The van der Waals surface area contributed by atoms with Crippen molar-refractivity contribution in [3.05, 3.63) is 0 Å². The van der Waals surface area contributed by atoms with E-state index in [1.54, 1.807) is 7.85 Å². The van der Waals surface area contributed by atoms with Crippen LogP contribution in [0.1, 0.15) is 0 Å². The van der Waals surface area contributed by atoms with Gasteiger partial charge in [-0.05, 0) is 0 Å². The van der Waals surface area contributed by atoms with Crippen molar-refractivity contribution in [2.24, 2.45) is 0 Å². The zero-order valence-electron chi connectivity index (χ0n) is 6.77. The molecular formula is C7H11BO4. The van der Waals surface area contributed by atoms with Crippen LogP contribution in [0, 0.1) is 12.3 Å². The molecule has 3 N–H and O–H groups in total. The molecule has 0 amide bonds. The zero-order chi connectivity index (χ0) is 9.35. The van der Waals surface area contributed by atoms with Crippen molar-refractivity contribution in [1.82, 2.24) is 0 Å². The monoisotopic (exact) mass is 170 g/mol. The van der Waals surface area contributed by atoms with Gasteiger partial charge in [0.1, 0.15) is 20.1 Å². The second-order valence-electron chi connectivity index (χ2n) is 2.95. The largest absolute Gasteiger partial charge is 0.392 e. The minimum absolute atomic E-state index is 0.494. The van der Waals surface area contributed by atoms with Gasteiger partial charge in [0, 0.05) is 0 Å². The lowest BCUT2D eigenvalue weighted by molar-refractivity contribution is -0.0585. The number of hydrogen-bond donors (Lipinski definition) is 3. The summed E-state index contributed by atoms with van der Waals surface area (Å²) in [5.41, 5.74) is -1.43. The van der Waals surface area contributed by atoms with Crippen molar-refractivity contribution in [2.45, 2.75) is 23.8 Å². The number of ether oxygens (including phenoxy) is 1. The van der Waals surface area contributed by atoms with Crippen molar-refractivity contribution >= 4 is 7.85 Å². The highest BCUT2D eigenvalue weighted by Gasteiger charge is 2.51. The first-order valence-electron chi connectivity index (χ1n) is 3.70. The number of rotatable bonds is 1. The Bertz CT molecular complexity index is 214. The molecule has 0 aromatic heterocycles. The molecule has 0 aromatic rings. The van der Waals surface area contributed by atoms with E-state index in [0.29, 0.717) is 0 Å². The van der Waals surface area contributed by atoms with E-state index in [9.17, 15) is 10.2 Å². The standard InChI is InChI=1S/C7H11BO4/c1-2-7(3-9)5(11)4(10)6(8)12-7/h1,4-6,9-11H,3,8H2/t4-,5+,6-,7-/m1/s1. The highest BCUT2D eigenvalue weighted by molar-refractivity contribution is 6.11. The van der Waals surface area contributed by atoms with Gasteiger partial charge in [-0.2, -0.15) is 0 Å². The van der Waals surface area contributed by atoms with E-state index in [4.69, 9.17) is 16.3 Å². The van der Waals surface area contributed by atoms with E-state index >= 15 is 0 Å². The van der Waals surface area contributed by atoms with Crippen LogP contribution in [0.5, 0.6) is 0 Å². The third kappa shape index (κ3) is 1.13. The smallest absolute Gasteiger partial charge is 0.178 e. The molecule has 0 bridgehead atoms. The Hall–Kier alpha value is -0.535. The Morgan fingerprint density at radius 2 is 2.17 bits per heavy atom. The molecule has 4 atom stereocenters. The molecule has 66 valence electrons. The van der Waals surface area contributed by atoms with Crippen LogP contribution >= 0.6 is 0 Å². The Morgan fingerprint density at radius 1 is 1.58 bits per heavy atom. The van der Waals surface area contributed by atoms with Gasteiger partial charge < -0.3 is 20.1 Å². The van der Waals surface area contributed by atoms with E-state index in [0.717, 1.165) is 0 Å². The van der Waals surface area contributed by atoms with Crippen molar-refractivity contribution in [3.8, 4) is 12.3 Å². The summed E-state index contributed by atoms with van der Waals surface area (Å²) < 4.78 is 5.09. The molecule has 1 heterocycles. The highest BCUT2D eigenvalue weighted by atomic mass is 16.6. The third-order valence-electron chi connectivity index (χ3n) is 2.16. The Morgan fingerprint density at radius 3 is 2.33 bits per heavy atom. The first-order valence-corrected chi connectivity index (χ1v) is 3.70. The predicted octanol–water partition coefficient (Wildman–Crippen LogP) is -2.94. The number of aliphatic hydroxyl groups excluding tert-OH is 3. The van der Waals surface area contributed by atoms with E-state index in [2.05, 4.69) is 5.92 Å². The van der Waals surface area contributed by atoms with Crippen LogP contribution in [-0.2, 0) is 4.74 Å². The maximum atomic E-state index is 9.40. The van der Waals surface area contributed by atoms with Gasteiger partial charge in [0.25, 0.3) is 0 Å². The number of hydrogen-bond acceptors (Lipinski definition) is 4. The molecule has 1 aliphatic heterocycles. The first-order chi connectivity index (χ1) is 5.57. The molecule has 0 radical (unpaired) electrons. The summed E-state index contributed by atoms with van der Waals surface area (Å²) in [6.07, 6.45) is 2.83. The summed E-state index contributed by atoms with van der Waals surface area (Å²) in [7, 11) is 1.59. The summed E-state index contributed by atoms with van der Waals surface area (Å²) in [5.74, 6) is 2.16. The molecule has 4 nitrogen and oxygen atoms in total. The van der Waals surface area contributed by atoms with Crippen LogP contribution in [0.25, 0.3) is 0 Å². The number of terminal acetylenes is 1. The molecule has 1 rings (SSSR count). The average Bonchev–Trinajstić information content (AvgIpc) is 2.30. The molecule has 0 aromatic carbocycles. The van der Waals surface area contributed by atoms with E-state index in [1.165, 1.54) is 0 Å². The van der Waals surface area contributed by atoms with Crippen molar-refractivity contribution in [3.63, 3.8) is 0 Å². The van der Waals surface area contributed by atoms with Gasteiger partial charge in [0.15, 0.2) is 5.60 Å². The van der Waals surface area contributed by atoms with Crippen LogP contribution in [0.2, 0.25) is 0 Å². The molecule has 12 heavy (non-hydrogen) atoms. The van der Waals surface area contributed by atoms with Crippen LogP contribution in [-0.4, -0.2) is 53.6 Å². The molecule has 1 fully saturated rings. The predicted molar refractivity (Wildman–Crippen MR) is 44.1 cm³/mol. The fourth-order valence-corrected chi connectivity index (χ4v) is 1.30. The van der Waals surface area contributed by atoms with Crippen molar-refractivity contribution < 1.29 is 20.1 Å². The lowest BCUT2D eigenvalue weighted by Gasteiger charge is -2.23. The highest BCUT2D eigenvalue weighted by Crippen LogP contribution is 2.28. The normalized spacial score (nSPS) is 47.3. The van der Waals surface area contributed by atoms with Gasteiger partial charge in [-0.25, -0.2) is 0 Å². The fraction of sp³-hybridized carbons (Fsp3) is 0.714. The molecule has 1 aliphatic rings. The minimum Gasteiger partial charge on any atom is -0.392 e. The lowest BCUT2D eigenvalue weighted by atomic mass is 9.90. The van der Waals surface area contributed by atoms with E-state index < -0.39 is 30.4 Å². The third-order valence-corrected chi connectivity index (χ3v) is 2.16. The van der Waals surface area contributed by atoms with Gasteiger partial charge in [-0.15, -0.1) is 6.42 Å².